The summed E-state index contributed by atoms with van der Waals surface area (Å²) in [5.41, 5.74) is 2.64. The quantitative estimate of drug-likeness (QED) is 0.233. The van der Waals surface area contributed by atoms with Crippen LogP contribution in [0.4, 0.5) is 0 Å². The summed E-state index contributed by atoms with van der Waals surface area (Å²) >= 11 is 0. The topological polar surface area (TPSA) is 40.1 Å². The van der Waals surface area contributed by atoms with E-state index in [0.717, 1.165) is 29.5 Å². The van der Waals surface area contributed by atoms with E-state index in [4.69, 9.17) is 0 Å². The van der Waals surface area contributed by atoms with Crippen molar-refractivity contribution < 1.29 is 27.0 Å². The molecule has 0 heterocycles. The Bertz CT molecular complexity index is 721. The normalized spacial score (nSPS) is 11.5. The fourth-order valence-electron chi connectivity index (χ4n) is 2.56. The fourth-order valence-corrected chi connectivity index (χ4v) is 2.56. The van der Waals surface area contributed by atoms with Gasteiger partial charge in [-0.05, 0) is 37.8 Å². The molecule has 0 radical (unpaired) electrons. The van der Waals surface area contributed by atoms with Gasteiger partial charge in [-0.15, -0.1) is 5.76 Å². The molecule has 26 heavy (non-hydrogen) atoms. The number of hydrogen-bond acceptors (Lipinski definition) is 2. The van der Waals surface area contributed by atoms with E-state index in [2.05, 4.69) is 0 Å². The largest absolute Gasteiger partial charge is 2.00 e. The standard InChI is InChI=1S/C18H20O2.C5H5.Fe/c1-14-7-6-10-16(13-14)18(20)12-5-4-11-17(19)15-8-2-3-9-15;1-2-4-5-3-1;/h2-3,6-10,13,19H,4-5,11-12H2,1H3;1-5H;/q;-1;+2/p-1. The van der Waals surface area contributed by atoms with Crippen LogP contribution in [0.3, 0.4) is 0 Å². The summed E-state index contributed by atoms with van der Waals surface area (Å²) in [6.45, 7) is 1.98. The second kappa shape index (κ2) is 12.2. The number of rotatable bonds is 6. The first-order chi connectivity index (χ1) is 12.2. The van der Waals surface area contributed by atoms with Crippen molar-refractivity contribution in [2.75, 3.05) is 0 Å². The third-order valence-electron chi connectivity index (χ3n) is 3.94. The molecule has 2 aromatic carbocycles. The average Bonchev–Trinajstić information content (AvgIpc) is 3.34. The maximum absolute atomic E-state index is 12.0. The number of unbranched alkanes of at least 4 members (excludes halogenated alkanes) is 1. The van der Waals surface area contributed by atoms with Gasteiger partial charge in [0.05, 0.1) is 0 Å². The van der Waals surface area contributed by atoms with Crippen molar-refractivity contribution in [2.24, 2.45) is 0 Å². The molecule has 3 rings (SSSR count). The van der Waals surface area contributed by atoms with Crippen LogP contribution in [0.5, 0.6) is 0 Å². The SMILES string of the molecule is Cc1cccc(C(=O)CCCCC([O-])=C2C=CC=C2)c1.[Fe+2].c1cc[cH-]c1. The smallest absolute Gasteiger partial charge is 0.875 e. The van der Waals surface area contributed by atoms with Gasteiger partial charge in [0.15, 0.2) is 5.78 Å². The molecule has 136 valence electrons. The molecule has 0 saturated heterocycles. The number of Topliss-reactive ketones (excluding diaryl/α,β-unsaturated/α-hetero) is 1. The summed E-state index contributed by atoms with van der Waals surface area (Å²) in [5.74, 6) is 0.326. The number of benzene rings is 1. The predicted molar refractivity (Wildman–Crippen MR) is 101 cm³/mol. The summed E-state index contributed by atoms with van der Waals surface area (Å²) in [7, 11) is 0. The van der Waals surface area contributed by atoms with Crippen LogP contribution in [0.25, 0.3) is 0 Å². The van der Waals surface area contributed by atoms with Crippen LogP contribution in [0.2, 0.25) is 0 Å². The Kier molecular flexibility index (Phi) is 10.2. The molecule has 0 atom stereocenters. The van der Waals surface area contributed by atoms with E-state index in [1.54, 1.807) is 0 Å². The van der Waals surface area contributed by atoms with Gasteiger partial charge in [0.1, 0.15) is 0 Å². The van der Waals surface area contributed by atoms with Gasteiger partial charge in [-0.1, -0.05) is 48.1 Å². The molecular weight excluding hydrogens is 364 g/mol. The molecule has 1 aliphatic carbocycles. The first-order valence-corrected chi connectivity index (χ1v) is 8.68. The third-order valence-corrected chi connectivity index (χ3v) is 3.94. The molecule has 0 N–H and O–H groups in total. The van der Waals surface area contributed by atoms with Crippen LogP contribution in [0, 0.1) is 6.92 Å². The maximum Gasteiger partial charge on any atom is 2.00 e. The third kappa shape index (κ3) is 7.77. The van der Waals surface area contributed by atoms with E-state index in [9.17, 15) is 9.90 Å². The molecule has 0 bridgehead atoms. The molecule has 2 nitrogen and oxygen atoms in total. The summed E-state index contributed by atoms with van der Waals surface area (Å²) < 4.78 is 0. The molecule has 0 aromatic heterocycles. The van der Waals surface area contributed by atoms with Crippen molar-refractivity contribution in [3.63, 3.8) is 0 Å². The van der Waals surface area contributed by atoms with Crippen molar-refractivity contribution in [3.05, 3.63) is 101 Å². The molecule has 0 spiro atoms. The predicted octanol–water partition coefficient (Wildman–Crippen LogP) is 4.88. The van der Waals surface area contributed by atoms with Gasteiger partial charge >= 0.3 is 17.1 Å². The number of carbonyl (C=O) groups excluding carboxylic acids is 1. The van der Waals surface area contributed by atoms with Gasteiger partial charge in [0.25, 0.3) is 0 Å². The van der Waals surface area contributed by atoms with Crippen molar-refractivity contribution in [1.82, 2.24) is 0 Å². The zero-order chi connectivity index (χ0) is 17.9. The zero-order valence-corrected chi connectivity index (χ0v) is 16.1. The molecule has 0 fully saturated rings. The Labute approximate surface area is 166 Å². The summed E-state index contributed by atoms with van der Waals surface area (Å²) in [4.78, 5) is 12.0. The van der Waals surface area contributed by atoms with Gasteiger partial charge in [0, 0.05) is 12.0 Å². The molecular formula is C23H24FeO2. The maximum atomic E-state index is 12.0. The van der Waals surface area contributed by atoms with Gasteiger partial charge in [-0.25, -0.2) is 12.1 Å². The van der Waals surface area contributed by atoms with Crippen LogP contribution < -0.4 is 5.11 Å². The average molecular weight is 388 g/mol. The number of aryl methyl sites for hydroxylation is 1. The Balaban J connectivity index is 0.000000486. The molecule has 0 saturated carbocycles. The van der Waals surface area contributed by atoms with E-state index in [1.807, 2.05) is 85.8 Å². The zero-order valence-electron chi connectivity index (χ0n) is 15.0. The van der Waals surface area contributed by atoms with Gasteiger partial charge in [-0.3, -0.25) is 4.79 Å². The Morgan fingerprint density at radius 2 is 1.65 bits per heavy atom. The summed E-state index contributed by atoms with van der Waals surface area (Å²) in [6.07, 6.45) is 9.97. The van der Waals surface area contributed by atoms with Crippen molar-refractivity contribution in [3.8, 4) is 0 Å². The molecule has 1 aliphatic rings. The van der Waals surface area contributed by atoms with Gasteiger partial charge in [0.2, 0.25) is 0 Å². The van der Waals surface area contributed by atoms with Gasteiger partial charge in [-0.2, -0.15) is 18.2 Å². The first-order valence-electron chi connectivity index (χ1n) is 8.68. The molecule has 3 heteroatoms. The number of hydrogen-bond donors (Lipinski definition) is 0. The van der Waals surface area contributed by atoms with Crippen molar-refractivity contribution in [1.29, 1.82) is 0 Å². The van der Waals surface area contributed by atoms with Crippen LogP contribution in [0.1, 0.15) is 41.6 Å². The van der Waals surface area contributed by atoms with Gasteiger partial charge < -0.3 is 5.11 Å². The van der Waals surface area contributed by atoms with Crippen LogP contribution >= 0.6 is 0 Å². The van der Waals surface area contributed by atoms with Crippen molar-refractivity contribution in [2.45, 2.75) is 32.6 Å². The Morgan fingerprint density at radius 1 is 1.00 bits per heavy atom. The molecule has 2 aromatic rings. The minimum absolute atomic E-state index is 0. The second-order valence-electron chi connectivity index (χ2n) is 6.06. The van der Waals surface area contributed by atoms with Crippen LogP contribution in [-0.4, -0.2) is 5.78 Å². The first kappa shape index (κ1) is 21.8. The minimum Gasteiger partial charge on any atom is -0.875 e. The number of allylic oxidation sites excluding steroid dienone is 6. The Hall–Kier alpha value is -2.22. The van der Waals surface area contributed by atoms with Crippen molar-refractivity contribution >= 4 is 5.78 Å². The minimum atomic E-state index is 0. The summed E-state index contributed by atoms with van der Waals surface area (Å²) in [5, 5.41) is 11.8. The molecule has 0 amide bonds. The van der Waals surface area contributed by atoms with E-state index >= 15 is 0 Å². The summed E-state index contributed by atoms with van der Waals surface area (Å²) in [6, 6.07) is 17.7. The second-order valence-corrected chi connectivity index (χ2v) is 6.06. The van der Waals surface area contributed by atoms with Crippen LogP contribution in [-0.2, 0) is 17.1 Å². The molecule has 0 aliphatic heterocycles. The van der Waals surface area contributed by atoms with E-state index < -0.39 is 0 Å². The van der Waals surface area contributed by atoms with Crippen LogP contribution in [0.15, 0.2) is 90.2 Å². The number of carbonyl (C=O) groups is 1. The fraction of sp³-hybridized carbons (Fsp3) is 0.217. The molecule has 0 unspecified atom stereocenters. The van der Waals surface area contributed by atoms with E-state index in [0.29, 0.717) is 12.8 Å². The van der Waals surface area contributed by atoms with E-state index in [-0.39, 0.29) is 28.6 Å². The van der Waals surface area contributed by atoms with E-state index in [1.165, 1.54) is 0 Å². The Morgan fingerprint density at radius 3 is 2.23 bits per heavy atom. The monoisotopic (exact) mass is 388 g/mol. The number of ketones is 1.